The monoisotopic (exact) mass is 1870 g/mol. The van der Waals surface area contributed by atoms with Gasteiger partial charge < -0.3 is 121 Å². The van der Waals surface area contributed by atoms with Crippen LogP contribution in [-0.2, 0) is 96.6 Å². The number of ether oxygens (including phenoxy) is 1. The number of thiol groups is 1. The first-order valence-corrected chi connectivity index (χ1v) is 45.0. The Morgan fingerprint density at radius 2 is 1.16 bits per heavy atom. The predicted octanol–water partition coefficient (Wildman–Crippen LogP) is -3.60. The molecule has 132 heavy (non-hydrogen) atoms. The zero-order chi connectivity index (χ0) is 98.8. The summed E-state index contributed by atoms with van der Waals surface area (Å²) in [6.45, 7) is 13.8. The Morgan fingerprint density at radius 3 is 1.67 bits per heavy atom. The topological polar surface area (TPSA) is 655 Å². The van der Waals surface area contributed by atoms with Crippen molar-refractivity contribution >= 4 is 119 Å². The molecule has 3 heterocycles. The highest BCUT2D eigenvalue weighted by molar-refractivity contribution is 7.80. The molecule has 3 aromatic carbocycles. The van der Waals surface area contributed by atoms with Gasteiger partial charge >= 0.3 is 5.97 Å². The minimum atomic E-state index is -1.66. The molecule has 6 rings (SSSR count). The number of aliphatic carboxylic acids is 1. The van der Waals surface area contributed by atoms with E-state index in [-0.39, 0.29) is 56.9 Å². The van der Waals surface area contributed by atoms with Crippen molar-refractivity contribution in [3.05, 3.63) is 108 Å². The van der Waals surface area contributed by atoms with E-state index in [0.717, 1.165) is 9.80 Å². The highest BCUT2D eigenvalue weighted by Gasteiger charge is 2.49. The molecular weight excluding hydrogens is 1740 g/mol. The summed E-state index contributed by atoms with van der Waals surface area (Å²) in [5.74, 6) is -21.0. The number of primary amides is 1. The average molecular weight is 1870 g/mol. The third-order valence-electron chi connectivity index (χ3n) is 23.8. The van der Waals surface area contributed by atoms with Crippen LogP contribution in [0.1, 0.15) is 163 Å². The number of hydrogen-bond acceptors (Lipinski definition) is 27. The average Bonchev–Trinajstić information content (AvgIpc) is 0.968. The summed E-state index contributed by atoms with van der Waals surface area (Å²) >= 11 is 4.15. The van der Waals surface area contributed by atoms with Gasteiger partial charge in [-0.1, -0.05) is 159 Å². The number of carbonyl (C=O) groups is 18. The number of fused-ring (bicyclic) bond motifs is 1. The second kappa shape index (κ2) is 53.4. The maximum Gasteiger partial charge on any atom is 0.326 e. The van der Waals surface area contributed by atoms with Gasteiger partial charge in [-0.05, 0) is 62.1 Å². The van der Waals surface area contributed by atoms with Gasteiger partial charge in [0, 0.05) is 75.2 Å². The molecule has 0 aliphatic carbocycles. The maximum atomic E-state index is 14.8. The van der Waals surface area contributed by atoms with E-state index in [1.54, 1.807) is 55.4 Å². The normalized spacial score (nSPS) is 22.4. The first kappa shape index (κ1) is 111. The molecule has 0 bridgehead atoms. The van der Waals surface area contributed by atoms with Crippen molar-refractivity contribution in [2.75, 3.05) is 64.8 Å². The van der Waals surface area contributed by atoms with Crippen LogP contribution in [-0.4, -0.2) is 296 Å². The number of carbonyl (C=O) groups excluding carboxylic acids is 17. The molecule has 3 aromatic rings. The number of benzene rings is 3. The van der Waals surface area contributed by atoms with Crippen molar-refractivity contribution < 1.29 is 122 Å². The highest BCUT2D eigenvalue weighted by Crippen LogP contribution is 2.38. The first-order valence-electron chi connectivity index (χ1n) is 44.4. The standard InChI is InChI=1S/C57H80N8O13.C33H54N8O12S/c1-9-34(4)41(27-39(67)30-59-51(72)42(10-2)62-53(74)49(58)35(5)46(68)33-66)50(71)60-31-48(70)61-43(11-3)52(73)63-44(54(75)65-32-40(78-56(6,7)8)28-45(65)55(76)77)29-47(69)64-57(36-21-15-12-16-22-36,37-23-17-13-18-24-37)38-25-19-14-20-26-38;1-4-15(2)27-32(52)36-10-19(43)5-18(14-54)30(50)38-21(8-25(35)47)33(53)41-12-20(44)7-22(41)31(51)40-28(16(3)24(46)13-42)23(45)6-17(9-34)29(49)37-11-26(48)39-27/h12-26,34-35,40-46,49,66,68H,9-11,27-33,58H2,1-8H3,(H,59,72)(H,60,71)(H,61,70)(H,62,74)(H,63,73)(H,64,69)(H,76,77);15-18,20-22,24,27-28,42,44,46,54H,4-14,34H2,1-3H3,(H2,35,47)(H,36,52)(H,37,49)(H,38,50)(H,39,48)(H,40,51)/t34-,35-,40+,41-,42-,43-,44-,45-,46-,49-;15-,16-,17-,18-,20+,21-,22-,24-,27-,28-/m00/s1. The van der Waals surface area contributed by atoms with Gasteiger partial charge in [0.05, 0.1) is 106 Å². The number of ketones is 3. The minimum Gasteiger partial charge on any atom is -0.480 e. The minimum absolute atomic E-state index is 0.0161. The van der Waals surface area contributed by atoms with Crippen LogP contribution in [0.5, 0.6) is 0 Å². The molecule has 0 aromatic heterocycles. The summed E-state index contributed by atoms with van der Waals surface area (Å²) in [4.78, 5) is 243. The summed E-state index contributed by atoms with van der Waals surface area (Å²) in [6, 6.07) is 15.2. The van der Waals surface area contributed by atoms with Gasteiger partial charge in [0.15, 0.2) is 17.3 Å². The lowest BCUT2D eigenvalue weighted by atomic mass is 9.77. The van der Waals surface area contributed by atoms with E-state index < -0.39 is 303 Å². The van der Waals surface area contributed by atoms with E-state index in [1.807, 2.05) is 97.9 Å². The molecule has 730 valence electrons. The van der Waals surface area contributed by atoms with E-state index in [0.29, 0.717) is 29.5 Å². The van der Waals surface area contributed by atoms with E-state index in [1.165, 1.54) is 13.8 Å². The summed E-state index contributed by atoms with van der Waals surface area (Å²) in [5, 5.41) is 88.2. The van der Waals surface area contributed by atoms with Crippen molar-refractivity contribution in [3.8, 4) is 0 Å². The second-order valence-electron chi connectivity index (χ2n) is 34.7. The van der Waals surface area contributed by atoms with Gasteiger partial charge in [0.1, 0.15) is 47.8 Å². The molecule has 0 spiro atoms. The zero-order valence-corrected chi connectivity index (χ0v) is 77.5. The number of nitrogens with two attached hydrogens (primary N) is 3. The van der Waals surface area contributed by atoms with E-state index in [2.05, 4.69) is 71.1 Å². The molecule has 23 N–H and O–H groups in total. The molecule has 3 fully saturated rings. The molecule has 0 radical (unpaired) electrons. The molecule has 3 aliphatic heterocycles. The number of hydrogen-bond donors (Lipinski definition) is 21. The number of carboxylic acids is 1. The molecule has 3 saturated heterocycles. The molecule has 20 atom stereocenters. The van der Waals surface area contributed by atoms with E-state index in [4.69, 9.17) is 21.9 Å². The Bertz CT molecular complexity index is 4360. The molecule has 0 saturated carbocycles. The van der Waals surface area contributed by atoms with Gasteiger partial charge in [-0.25, -0.2) is 4.79 Å². The molecule has 0 unspecified atom stereocenters. The van der Waals surface area contributed by atoms with Crippen LogP contribution in [0.4, 0.5) is 0 Å². The van der Waals surface area contributed by atoms with Crippen LogP contribution < -0.4 is 75.7 Å². The van der Waals surface area contributed by atoms with Crippen LogP contribution in [0.3, 0.4) is 0 Å². The number of nitrogens with zero attached hydrogens (tertiary/aromatic N) is 2. The number of amides is 14. The lowest BCUT2D eigenvalue weighted by Crippen LogP contribution is -2.58. The smallest absolute Gasteiger partial charge is 0.326 e. The van der Waals surface area contributed by atoms with Gasteiger partial charge in [0.25, 0.3) is 0 Å². The Kier molecular flexibility index (Phi) is 45.1. The lowest BCUT2D eigenvalue weighted by molar-refractivity contribution is -0.150. The van der Waals surface area contributed by atoms with Crippen LogP contribution >= 0.6 is 12.6 Å². The van der Waals surface area contributed by atoms with Gasteiger partial charge in [-0.15, -0.1) is 0 Å². The van der Waals surface area contributed by atoms with Crippen molar-refractivity contribution in [2.24, 2.45) is 58.6 Å². The van der Waals surface area contributed by atoms with Crippen molar-refractivity contribution in [3.63, 3.8) is 0 Å². The summed E-state index contributed by atoms with van der Waals surface area (Å²) in [7, 11) is 0. The molecule has 42 heteroatoms. The first-order chi connectivity index (χ1) is 62.3. The highest BCUT2D eigenvalue weighted by atomic mass is 32.1. The van der Waals surface area contributed by atoms with Crippen molar-refractivity contribution in [1.82, 2.24) is 68.3 Å². The maximum absolute atomic E-state index is 14.8. The molecule has 14 amide bonds. The Hall–Kier alpha value is -11.3. The number of aliphatic hydroxyl groups is 5. The fourth-order valence-corrected chi connectivity index (χ4v) is 15.8. The predicted molar refractivity (Wildman–Crippen MR) is 482 cm³/mol. The summed E-state index contributed by atoms with van der Waals surface area (Å²) in [6.07, 6.45) is -6.88. The summed E-state index contributed by atoms with van der Waals surface area (Å²) < 4.78 is 6.11. The number of nitrogens with one attached hydrogen (secondary N) is 11. The van der Waals surface area contributed by atoms with Crippen LogP contribution in [0, 0.1) is 41.4 Å². The third kappa shape index (κ3) is 32.6. The second-order valence-corrected chi connectivity index (χ2v) is 35.1. The number of Topliss-reactive ketones (excluding diaryl/α,β-unsaturated/α-hetero) is 3. The van der Waals surface area contributed by atoms with E-state index in [9.17, 15) is 117 Å². The van der Waals surface area contributed by atoms with Gasteiger partial charge in [-0.2, -0.15) is 12.6 Å². The van der Waals surface area contributed by atoms with Crippen molar-refractivity contribution in [2.45, 2.75) is 237 Å². The van der Waals surface area contributed by atoms with Crippen LogP contribution in [0.25, 0.3) is 0 Å². The Morgan fingerprint density at radius 1 is 0.606 bits per heavy atom. The number of rotatable bonds is 38. The zero-order valence-electron chi connectivity index (χ0n) is 76.6. The number of carboxylic acid groups (broad SMARTS) is 1. The largest absolute Gasteiger partial charge is 0.480 e. The van der Waals surface area contributed by atoms with Crippen LogP contribution in [0.15, 0.2) is 91.0 Å². The van der Waals surface area contributed by atoms with E-state index >= 15 is 0 Å². The molecule has 41 nitrogen and oxygen atoms in total. The molecule has 3 aliphatic rings. The fourth-order valence-electron chi connectivity index (χ4n) is 15.5. The van der Waals surface area contributed by atoms with Crippen LogP contribution in [0.2, 0.25) is 0 Å². The van der Waals surface area contributed by atoms with Gasteiger partial charge in [-0.3, -0.25) is 81.5 Å². The number of aliphatic hydroxyl groups excluding tert-OH is 5. The Balaban J connectivity index is 0.000000500. The summed E-state index contributed by atoms with van der Waals surface area (Å²) in [5.41, 5.74) is 17.1. The molecular formula is C90H134N16O25S. The third-order valence-corrected chi connectivity index (χ3v) is 24.2. The quantitative estimate of drug-likeness (QED) is 0.0195. The van der Waals surface area contributed by atoms with Crippen molar-refractivity contribution in [1.29, 1.82) is 0 Å². The number of likely N-dealkylation sites (tertiary alicyclic amines) is 1. The lowest BCUT2D eigenvalue weighted by Gasteiger charge is -2.37. The van der Waals surface area contributed by atoms with Gasteiger partial charge in [0.2, 0.25) is 82.7 Å². The Labute approximate surface area is 772 Å². The fraction of sp³-hybridized carbons (Fsp3) is 0.600. The SMILES string of the molecule is CC[C@H](C)[C@@H]1NC(=O)CNC(=O)[C@H](CN)CC(=O)[C@H]([C@@H](C)[C@@H](O)CO)NC(=O)[C@@H]2C[C@@H](O)CN2C(=O)[C@H](CC(N)=O)NC(=O)[C@H](CS)CC(=O)CNC1=O.CC[C@H](NC(=O)CNC(=O)[C@@H](CC(=O)CNC(=O)[C@H](CC)NC(=O)[C@@H](N)[C@@H](C)[C@@H](O)CO)[C@@H](C)CC)C(=O)N[C@@H](CC(=O)NC(c1ccccc1)(c1ccccc1)c1ccccc1)C(=O)N1C[C@H](OC(C)(C)C)C[C@H]1C(=O)O.